The third-order valence-electron chi connectivity index (χ3n) is 4.67. The Bertz CT molecular complexity index is 1120. The average Bonchev–Trinajstić information content (AvgIpc) is 2.75. The second kappa shape index (κ2) is 9.17. The highest BCUT2D eigenvalue weighted by Gasteiger charge is 2.18. The second-order valence-corrected chi connectivity index (χ2v) is 8.52. The molecule has 0 saturated heterocycles. The maximum Gasteiger partial charge on any atom is 0.206 e. The van der Waals surface area contributed by atoms with Crippen LogP contribution in [0.15, 0.2) is 87.6 Å². The fourth-order valence-electron chi connectivity index (χ4n) is 3.01. The van der Waals surface area contributed by atoms with E-state index in [9.17, 15) is 17.2 Å². The summed E-state index contributed by atoms with van der Waals surface area (Å²) in [6.45, 7) is 5.43. The Morgan fingerprint density at radius 2 is 1.20 bits per heavy atom. The zero-order valence-corrected chi connectivity index (χ0v) is 17.5. The molecule has 0 bridgehead atoms. The van der Waals surface area contributed by atoms with Crippen molar-refractivity contribution < 1.29 is 17.2 Å². The maximum atomic E-state index is 13.3. The van der Waals surface area contributed by atoms with Gasteiger partial charge in [0.15, 0.2) is 0 Å². The van der Waals surface area contributed by atoms with Crippen LogP contribution >= 0.6 is 0 Å². The molecule has 0 fully saturated rings. The SMILES string of the molecule is CCN(CC)C(=Nc1ccc(S(=O)(=O)c2ccc(F)cc2)cc1)c1ccc(F)cc1. The number of nitrogens with zero attached hydrogens (tertiary/aromatic N) is 2. The second-order valence-electron chi connectivity index (χ2n) is 6.57. The van der Waals surface area contributed by atoms with Gasteiger partial charge < -0.3 is 4.90 Å². The monoisotopic (exact) mass is 428 g/mol. The lowest BCUT2D eigenvalue weighted by Crippen LogP contribution is -2.31. The summed E-state index contributed by atoms with van der Waals surface area (Å²) < 4.78 is 51.9. The zero-order valence-electron chi connectivity index (χ0n) is 16.7. The van der Waals surface area contributed by atoms with E-state index in [1.807, 2.05) is 18.7 Å². The van der Waals surface area contributed by atoms with E-state index in [1.165, 1.54) is 36.4 Å². The van der Waals surface area contributed by atoms with Crippen molar-refractivity contribution in [1.82, 2.24) is 4.90 Å². The molecular weight excluding hydrogens is 406 g/mol. The van der Waals surface area contributed by atoms with Crippen LogP contribution in [0.1, 0.15) is 19.4 Å². The predicted molar refractivity (Wildman–Crippen MR) is 114 cm³/mol. The van der Waals surface area contributed by atoms with Crippen LogP contribution in [0.25, 0.3) is 0 Å². The molecule has 156 valence electrons. The molecule has 0 N–H and O–H groups in total. The first-order valence-electron chi connectivity index (χ1n) is 9.55. The van der Waals surface area contributed by atoms with Crippen molar-refractivity contribution in [1.29, 1.82) is 0 Å². The smallest absolute Gasteiger partial charge is 0.206 e. The van der Waals surface area contributed by atoms with Gasteiger partial charge in [-0.15, -0.1) is 0 Å². The molecule has 0 spiro atoms. The average molecular weight is 429 g/mol. The molecule has 0 aromatic heterocycles. The summed E-state index contributed by atoms with van der Waals surface area (Å²) in [5, 5.41) is 0. The van der Waals surface area contributed by atoms with E-state index < -0.39 is 15.7 Å². The minimum absolute atomic E-state index is 0.0234. The molecule has 4 nitrogen and oxygen atoms in total. The molecule has 0 amide bonds. The van der Waals surface area contributed by atoms with E-state index in [0.717, 1.165) is 17.7 Å². The fraction of sp³-hybridized carbons (Fsp3) is 0.174. The number of benzene rings is 3. The quantitative estimate of drug-likeness (QED) is 0.307. The summed E-state index contributed by atoms with van der Waals surface area (Å²) >= 11 is 0. The summed E-state index contributed by atoms with van der Waals surface area (Å²) in [5.74, 6) is -0.148. The Hall–Kier alpha value is -3.06. The van der Waals surface area contributed by atoms with Crippen LogP contribution < -0.4 is 0 Å². The summed E-state index contributed by atoms with van der Waals surface area (Å²) in [7, 11) is -3.75. The molecule has 3 aromatic carbocycles. The lowest BCUT2D eigenvalue weighted by Gasteiger charge is -2.23. The number of hydrogen-bond acceptors (Lipinski definition) is 3. The lowest BCUT2D eigenvalue weighted by atomic mass is 10.1. The molecular formula is C23H22F2N2O2S. The summed E-state index contributed by atoms with van der Waals surface area (Å²) in [4.78, 5) is 6.84. The first-order chi connectivity index (χ1) is 14.3. The molecule has 0 saturated carbocycles. The van der Waals surface area contributed by atoms with Crippen molar-refractivity contribution in [2.24, 2.45) is 4.99 Å². The van der Waals surface area contributed by atoms with Crippen LogP contribution in [0.4, 0.5) is 14.5 Å². The van der Waals surface area contributed by atoms with Crippen molar-refractivity contribution in [3.63, 3.8) is 0 Å². The minimum atomic E-state index is -3.75. The van der Waals surface area contributed by atoms with Gasteiger partial charge >= 0.3 is 0 Å². The normalized spacial score (nSPS) is 12.1. The lowest BCUT2D eigenvalue weighted by molar-refractivity contribution is 0.466. The number of aliphatic imine (C=N–C) groups is 1. The Morgan fingerprint density at radius 1 is 0.767 bits per heavy atom. The van der Waals surface area contributed by atoms with Gasteiger partial charge in [0, 0.05) is 18.7 Å². The van der Waals surface area contributed by atoms with Gasteiger partial charge in [0.1, 0.15) is 17.5 Å². The van der Waals surface area contributed by atoms with Crippen molar-refractivity contribution in [2.75, 3.05) is 13.1 Å². The van der Waals surface area contributed by atoms with Gasteiger partial charge in [-0.05, 0) is 86.6 Å². The number of rotatable bonds is 6. The largest absolute Gasteiger partial charge is 0.357 e. The van der Waals surface area contributed by atoms with Gasteiger partial charge in [0.2, 0.25) is 9.84 Å². The molecule has 3 rings (SSSR count). The topological polar surface area (TPSA) is 49.7 Å². The molecule has 0 heterocycles. The Morgan fingerprint density at radius 3 is 1.67 bits per heavy atom. The molecule has 0 aliphatic rings. The first-order valence-corrected chi connectivity index (χ1v) is 11.0. The Balaban J connectivity index is 1.97. The van der Waals surface area contributed by atoms with E-state index in [2.05, 4.69) is 4.99 Å². The van der Waals surface area contributed by atoms with Gasteiger partial charge in [-0.3, -0.25) is 0 Å². The maximum absolute atomic E-state index is 13.3. The Kier molecular flexibility index (Phi) is 6.62. The van der Waals surface area contributed by atoms with Gasteiger partial charge in [-0.2, -0.15) is 0 Å². The predicted octanol–water partition coefficient (Wildman–Crippen LogP) is 5.22. The van der Waals surface area contributed by atoms with Gasteiger partial charge in [0.05, 0.1) is 15.5 Å². The number of hydrogen-bond donors (Lipinski definition) is 0. The number of sulfone groups is 1. The van der Waals surface area contributed by atoms with Gasteiger partial charge in [-0.25, -0.2) is 22.2 Å². The van der Waals surface area contributed by atoms with Crippen molar-refractivity contribution in [3.05, 3.63) is 90.0 Å². The standard InChI is InChI=1S/C23H22F2N2O2S/c1-3-27(4-2)23(17-5-7-18(24)8-6-17)26-20-11-15-22(16-12-20)30(28,29)21-13-9-19(25)10-14-21/h5-16H,3-4H2,1-2H3. The van der Waals surface area contributed by atoms with Crippen molar-refractivity contribution >= 4 is 21.4 Å². The van der Waals surface area contributed by atoms with E-state index in [0.29, 0.717) is 24.6 Å². The van der Waals surface area contributed by atoms with E-state index in [1.54, 1.807) is 24.3 Å². The highest BCUT2D eigenvalue weighted by molar-refractivity contribution is 7.91. The highest BCUT2D eigenvalue weighted by Crippen LogP contribution is 2.24. The molecule has 3 aromatic rings. The molecule has 0 aliphatic heterocycles. The van der Waals surface area contributed by atoms with E-state index in [-0.39, 0.29) is 15.6 Å². The van der Waals surface area contributed by atoms with E-state index >= 15 is 0 Å². The van der Waals surface area contributed by atoms with E-state index in [4.69, 9.17) is 0 Å². The minimum Gasteiger partial charge on any atom is -0.357 e. The molecule has 0 atom stereocenters. The third kappa shape index (κ3) is 4.74. The van der Waals surface area contributed by atoms with Crippen LogP contribution in [0, 0.1) is 11.6 Å². The van der Waals surface area contributed by atoms with Crippen molar-refractivity contribution in [2.45, 2.75) is 23.6 Å². The summed E-state index contributed by atoms with van der Waals surface area (Å²) in [6, 6.07) is 17.0. The molecule has 0 radical (unpaired) electrons. The molecule has 30 heavy (non-hydrogen) atoms. The fourth-order valence-corrected chi connectivity index (χ4v) is 4.27. The van der Waals surface area contributed by atoms with Crippen molar-refractivity contribution in [3.8, 4) is 0 Å². The van der Waals surface area contributed by atoms with Crippen LogP contribution in [0.3, 0.4) is 0 Å². The van der Waals surface area contributed by atoms with Crippen LogP contribution in [0.5, 0.6) is 0 Å². The first kappa shape index (κ1) is 21.6. The van der Waals surface area contributed by atoms with Crippen LogP contribution in [0.2, 0.25) is 0 Å². The Labute approximate surface area is 175 Å². The van der Waals surface area contributed by atoms with Crippen LogP contribution in [-0.2, 0) is 9.84 Å². The summed E-state index contributed by atoms with van der Waals surface area (Å²) in [5.41, 5.74) is 1.34. The third-order valence-corrected chi connectivity index (χ3v) is 6.46. The van der Waals surface area contributed by atoms with Gasteiger partial charge in [0.25, 0.3) is 0 Å². The van der Waals surface area contributed by atoms with Gasteiger partial charge in [-0.1, -0.05) is 0 Å². The molecule has 0 unspecified atom stereocenters. The number of amidine groups is 1. The number of halogens is 2. The van der Waals surface area contributed by atoms with Crippen LogP contribution in [-0.4, -0.2) is 32.2 Å². The summed E-state index contributed by atoms with van der Waals surface area (Å²) in [6.07, 6.45) is 0. The molecule has 7 heteroatoms. The molecule has 0 aliphatic carbocycles. The zero-order chi connectivity index (χ0) is 21.7. The highest BCUT2D eigenvalue weighted by atomic mass is 32.2.